The van der Waals surface area contributed by atoms with E-state index in [1.165, 1.54) is 10.9 Å². The van der Waals surface area contributed by atoms with E-state index in [0.29, 0.717) is 6.54 Å². The summed E-state index contributed by atoms with van der Waals surface area (Å²) >= 11 is 0. The summed E-state index contributed by atoms with van der Waals surface area (Å²) in [6.07, 6.45) is 1.32. The molecule has 2 nitrogen and oxygen atoms in total. The Labute approximate surface area is 62.1 Å². The maximum Gasteiger partial charge on any atom is 0.529 e. The van der Waals surface area contributed by atoms with Gasteiger partial charge in [0.05, 0.1) is 0 Å². The monoisotopic (exact) mass is 163 g/mol. The van der Waals surface area contributed by atoms with Crippen LogP contribution in [0, 0.1) is 0 Å². The van der Waals surface area contributed by atoms with Gasteiger partial charge in [-0.05, 0) is 6.92 Å². The van der Waals surface area contributed by atoms with Gasteiger partial charge >= 0.3 is 6.98 Å². The predicted molar refractivity (Wildman–Crippen MR) is 36.6 cm³/mol. The Hall–Kier alpha value is -0.935. The van der Waals surface area contributed by atoms with E-state index in [1.54, 1.807) is 6.92 Å². The van der Waals surface area contributed by atoms with Gasteiger partial charge in [-0.25, -0.2) is 5.10 Å². The van der Waals surface area contributed by atoms with Crippen LogP contribution in [-0.4, -0.2) is 16.8 Å². The van der Waals surface area contributed by atoms with Gasteiger partial charge < -0.3 is 12.9 Å². The summed E-state index contributed by atoms with van der Waals surface area (Å²) in [5.41, 5.74) is -0.771. The molecule has 0 aliphatic heterocycles. The zero-order valence-corrected chi connectivity index (χ0v) is 5.97. The summed E-state index contributed by atoms with van der Waals surface area (Å²) in [6, 6.07) is 0.990. The first-order valence-corrected chi connectivity index (χ1v) is 3.27. The minimum atomic E-state index is -4.92. The van der Waals surface area contributed by atoms with Crippen LogP contribution in [0.15, 0.2) is 12.3 Å². The van der Waals surface area contributed by atoms with Crippen molar-refractivity contribution >= 4 is 12.6 Å². The number of rotatable bonds is 2. The highest BCUT2D eigenvalue weighted by atomic mass is 19.4. The fourth-order valence-electron chi connectivity index (χ4n) is 0.728. The Balaban J connectivity index is 2.89. The molecule has 0 aliphatic rings. The van der Waals surface area contributed by atoms with Crippen molar-refractivity contribution in [3.05, 3.63) is 12.3 Å². The highest BCUT2D eigenvalue weighted by Gasteiger charge is 2.28. The Morgan fingerprint density at radius 2 is 2.18 bits per heavy atom. The summed E-state index contributed by atoms with van der Waals surface area (Å²) in [5.74, 6) is 0. The molecule has 11 heavy (non-hydrogen) atoms. The second kappa shape index (κ2) is 2.60. The van der Waals surface area contributed by atoms with Crippen LogP contribution in [0.1, 0.15) is 6.92 Å². The second-order valence-corrected chi connectivity index (χ2v) is 2.17. The Bertz CT molecular complexity index is 242. The van der Waals surface area contributed by atoms with Gasteiger partial charge in [0.2, 0.25) is 0 Å². The highest BCUT2D eigenvalue weighted by molar-refractivity contribution is 6.72. The molecule has 1 heterocycles. The van der Waals surface area contributed by atoms with Crippen molar-refractivity contribution in [1.82, 2.24) is 9.78 Å². The van der Waals surface area contributed by atoms with E-state index in [0.717, 1.165) is 6.07 Å². The summed E-state index contributed by atoms with van der Waals surface area (Å²) in [5, 5.41) is 3.32. The largest absolute Gasteiger partial charge is 0.529 e. The molecule has 0 saturated heterocycles. The maximum atomic E-state index is 11.9. The van der Waals surface area contributed by atoms with E-state index in [4.69, 9.17) is 0 Å². The van der Waals surface area contributed by atoms with Crippen LogP contribution < -0.4 is 5.59 Å². The fourth-order valence-corrected chi connectivity index (χ4v) is 0.728. The maximum absolute atomic E-state index is 11.9. The number of aromatic nitrogens is 2. The highest BCUT2D eigenvalue weighted by Crippen LogP contribution is 2.06. The predicted octanol–water partition coefficient (Wildman–Crippen LogP) is 0.957. The van der Waals surface area contributed by atoms with E-state index in [2.05, 4.69) is 5.10 Å². The number of hydrogen-bond acceptors (Lipinski definition) is 1. The average Bonchev–Trinajstić information content (AvgIpc) is 2.32. The smallest absolute Gasteiger partial charge is 0.444 e. The number of nitrogens with zero attached hydrogens (tertiary/aromatic N) is 2. The van der Waals surface area contributed by atoms with Gasteiger partial charge in [0, 0.05) is 18.3 Å². The van der Waals surface area contributed by atoms with Crippen molar-refractivity contribution in [1.29, 1.82) is 0 Å². The van der Waals surface area contributed by atoms with Crippen molar-refractivity contribution in [3.8, 4) is 0 Å². The molecule has 0 radical (unpaired) electrons. The third-order valence-electron chi connectivity index (χ3n) is 1.32. The molecule has 6 heteroatoms. The summed E-state index contributed by atoms with van der Waals surface area (Å²) in [4.78, 5) is 0. The topological polar surface area (TPSA) is 17.8 Å². The molecule has 1 aromatic heterocycles. The molecule has 0 aromatic carbocycles. The van der Waals surface area contributed by atoms with Crippen LogP contribution in [0.25, 0.3) is 0 Å². The van der Waals surface area contributed by atoms with E-state index < -0.39 is 12.6 Å². The third kappa shape index (κ3) is 1.75. The average molecular weight is 163 g/mol. The van der Waals surface area contributed by atoms with Crippen molar-refractivity contribution in [3.63, 3.8) is 0 Å². The van der Waals surface area contributed by atoms with Gasteiger partial charge in [0.15, 0.2) is 0 Å². The molecule has 62 valence electrons. The molecule has 0 N–H and O–H groups in total. The molecule has 0 amide bonds. The first kappa shape index (κ1) is 8.16. The summed E-state index contributed by atoms with van der Waals surface area (Å²) in [6.45, 7) is -2.72. The lowest BCUT2D eigenvalue weighted by Gasteiger charge is -2.09. The van der Waals surface area contributed by atoms with Crippen molar-refractivity contribution in [2.45, 2.75) is 13.5 Å². The van der Waals surface area contributed by atoms with E-state index >= 15 is 0 Å². The third-order valence-corrected chi connectivity index (χ3v) is 1.32. The van der Waals surface area contributed by atoms with E-state index in [1.807, 2.05) is 0 Å². The van der Waals surface area contributed by atoms with E-state index in [9.17, 15) is 12.9 Å². The Kier molecular flexibility index (Phi) is 1.93. The van der Waals surface area contributed by atoms with Crippen LogP contribution in [0.4, 0.5) is 12.9 Å². The van der Waals surface area contributed by atoms with Crippen molar-refractivity contribution in [2.75, 3.05) is 0 Å². The zero-order chi connectivity index (χ0) is 8.48. The molecular weight excluding hydrogens is 156 g/mol. The molecule has 0 atom stereocenters. The van der Waals surface area contributed by atoms with Crippen LogP contribution >= 0.6 is 0 Å². The first-order chi connectivity index (χ1) is 5.04. The van der Waals surface area contributed by atoms with Crippen LogP contribution in [0.3, 0.4) is 0 Å². The molecule has 0 aliphatic carbocycles. The molecule has 1 aromatic rings. The minimum Gasteiger partial charge on any atom is -0.444 e. The minimum absolute atomic E-state index is 0.464. The van der Waals surface area contributed by atoms with Gasteiger partial charge in [-0.15, -0.1) is 0 Å². The zero-order valence-electron chi connectivity index (χ0n) is 5.97. The molecule has 0 saturated carbocycles. The summed E-state index contributed by atoms with van der Waals surface area (Å²) in [7, 11) is 0. The van der Waals surface area contributed by atoms with E-state index in [-0.39, 0.29) is 0 Å². The standard InChI is InChI=1S/C5H7BF3N2/c1-2-11-4-3-5(10-11)6(7,8)9/h3-4H,2H2,1H3/q-1. The first-order valence-electron chi connectivity index (χ1n) is 3.27. The quantitative estimate of drug-likeness (QED) is 0.593. The van der Waals surface area contributed by atoms with Crippen LogP contribution in [0.5, 0.6) is 0 Å². The normalized spacial score (nSPS) is 12.0. The number of halogens is 3. The van der Waals surface area contributed by atoms with Gasteiger partial charge in [0.1, 0.15) is 0 Å². The molecular formula is C5H7BF3N2-. The molecule has 0 bridgehead atoms. The lowest BCUT2D eigenvalue weighted by atomic mass is 9.87. The molecule has 0 fully saturated rings. The van der Waals surface area contributed by atoms with Crippen molar-refractivity contribution in [2.24, 2.45) is 0 Å². The van der Waals surface area contributed by atoms with Crippen LogP contribution in [0.2, 0.25) is 0 Å². The molecule has 0 spiro atoms. The second-order valence-electron chi connectivity index (χ2n) is 2.17. The van der Waals surface area contributed by atoms with Gasteiger partial charge in [-0.3, -0.25) is 4.68 Å². The Morgan fingerprint density at radius 1 is 1.55 bits per heavy atom. The van der Waals surface area contributed by atoms with Gasteiger partial charge in [-0.1, -0.05) is 6.07 Å². The number of hydrogen-bond donors (Lipinski definition) is 0. The molecule has 1 rings (SSSR count). The van der Waals surface area contributed by atoms with Gasteiger partial charge in [-0.2, -0.15) is 0 Å². The lowest BCUT2D eigenvalue weighted by Crippen LogP contribution is -2.35. The number of aryl methyl sites for hydroxylation is 1. The Morgan fingerprint density at radius 3 is 2.45 bits per heavy atom. The van der Waals surface area contributed by atoms with Crippen molar-refractivity contribution < 1.29 is 12.9 Å². The fraction of sp³-hybridized carbons (Fsp3) is 0.400. The van der Waals surface area contributed by atoms with Crippen LogP contribution in [-0.2, 0) is 6.54 Å². The lowest BCUT2D eigenvalue weighted by molar-refractivity contribution is 0.495. The summed E-state index contributed by atoms with van der Waals surface area (Å²) < 4.78 is 37.0. The van der Waals surface area contributed by atoms with Gasteiger partial charge in [0.25, 0.3) is 0 Å². The molecule has 0 unspecified atom stereocenters. The SMILES string of the molecule is CCn1ccc([B-](F)(F)F)n1.